The molecule has 4 rings (SSSR count). The molecule has 17 heteroatoms. The Bertz CT molecular complexity index is 1580. The van der Waals surface area contributed by atoms with Crippen molar-refractivity contribution in [2.45, 2.75) is 54.3 Å². The third-order valence-corrected chi connectivity index (χ3v) is 8.16. The van der Waals surface area contributed by atoms with E-state index in [9.17, 15) is 48.4 Å². The molecule has 2 N–H and O–H groups in total. The first kappa shape index (κ1) is 33.4. The van der Waals surface area contributed by atoms with Gasteiger partial charge in [0.1, 0.15) is 6.20 Å². The Morgan fingerprint density at radius 2 is 1.71 bits per heavy atom. The summed E-state index contributed by atoms with van der Waals surface area (Å²) in [5.74, 6) is -0.485. The van der Waals surface area contributed by atoms with Crippen LogP contribution in [-0.2, 0) is 12.7 Å². The number of piperazine rings is 1. The molecule has 3 atom stereocenters. The molecule has 2 aromatic carbocycles. The summed E-state index contributed by atoms with van der Waals surface area (Å²) >= 11 is 0.998. The number of hydrogen-bond acceptors (Lipinski definition) is 9. The molecule has 2 heterocycles. The van der Waals surface area contributed by atoms with Crippen molar-refractivity contribution in [1.82, 2.24) is 19.4 Å². The van der Waals surface area contributed by atoms with Crippen LogP contribution >= 0.6 is 11.8 Å². The molecule has 0 bridgehead atoms. The van der Waals surface area contributed by atoms with Gasteiger partial charge < -0.3 is 20.3 Å². The van der Waals surface area contributed by atoms with Crippen LogP contribution in [0.25, 0.3) is 0 Å². The van der Waals surface area contributed by atoms with Crippen LogP contribution in [0.4, 0.5) is 29.5 Å². The van der Waals surface area contributed by atoms with Crippen LogP contribution in [0.1, 0.15) is 31.0 Å². The minimum Gasteiger partial charge on any atom is -0.465 e. The molecule has 1 fully saturated rings. The Morgan fingerprint density at radius 3 is 2.24 bits per heavy atom. The normalized spacial score (nSPS) is 19.0. The van der Waals surface area contributed by atoms with Crippen molar-refractivity contribution >= 4 is 29.4 Å². The van der Waals surface area contributed by atoms with Crippen molar-refractivity contribution in [2.75, 3.05) is 19.6 Å². The number of halogens is 3. The molecule has 0 radical (unpaired) electrons. The second-order valence-electron chi connectivity index (χ2n) is 10.6. The summed E-state index contributed by atoms with van der Waals surface area (Å²) in [6, 6.07) is 8.33. The van der Waals surface area contributed by atoms with E-state index in [0.29, 0.717) is 10.5 Å². The fraction of sp³-hybridized carbons (Fsp3) is 0.357. The van der Waals surface area contributed by atoms with Gasteiger partial charge in [-0.15, -0.1) is 0 Å². The number of allylic oxidation sites excluding steroid dienone is 1. The van der Waals surface area contributed by atoms with Crippen LogP contribution in [0.3, 0.4) is 0 Å². The fourth-order valence-electron chi connectivity index (χ4n) is 5.26. The van der Waals surface area contributed by atoms with Gasteiger partial charge in [-0.3, -0.25) is 24.5 Å². The summed E-state index contributed by atoms with van der Waals surface area (Å²) in [7, 11) is 0. The van der Waals surface area contributed by atoms with Crippen LogP contribution in [-0.4, -0.2) is 76.8 Å². The van der Waals surface area contributed by atoms with Gasteiger partial charge >= 0.3 is 18.1 Å². The van der Waals surface area contributed by atoms with Gasteiger partial charge in [0.05, 0.1) is 34.7 Å². The highest BCUT2D eigenvalue weighted by Gasteiger charge is 2.42. The van der Waals surface area contributed by atoms with E-state index in [1.54, 1.807) is 24.0 Å². The number of imidazole rings is 1. The summed E-state index contributed by atoms with van der Waals surface area (Å²) in [5.41, 5.74) is -2.20. The van der Waals surface area contributed by atoms with Crippen molar-refractivity contribution in [1.29, 1.82) is 0 Å². The second-order valence-corrected chi connectivity index (χ2v) is 11.7. The predicted molar refractivity (Wildman–Crippen MR) is 156 cm³/mol. The smallest absolute Gasteiger partial charge is 0.416 e. The molecule has 1 aliphatic heterocycles. The summed E-state index contributed by atoms with van der Waals surface area (Å²) in [4.78, 5) is 40.9. The number of carbonyl (C=O) groups is 1. The van der Waals surface area contributed by atoms with E-state index in [2.05, 4.69) is 4.98 Å². The molecule has 13 nitrogen and oxygen atoms in total. The molecular weight excluding hydrogens is 621 g/mol. The first-order chi connectivity index (χ1) is 21.1. The van der Waals surface area contributed by atoms with Crippen LogP contribution in [0, 0.1) is 20.2 Å². The monoisotopic (exact) mass is 650 g/mol. The Morgan fingerprint density at radius 1 is 1.07 bits per heavy atom. The van der Waals surface area contributed by atoms with Crippen LogP contribution in [0.2, 0.25) is 0 Å². The molecule has 0 spiro atoms. The topological polar surface area (TPSA) is 168 Å². The van der Waals surface area contributed by atoms with Gasteiger partial charge in [0.2, 0.25) is 0 Å². The third-order valence-electron chi connectivity index (χ3n) is 7.15. The summed E-state index contributed by atoms with van der Waals surface area (Å²) < 4.78 is 41.2. The fourth-order valence-corrected chi connectivity index (χ4v) is 6.12. The lowest BCUT2D eigenvalue weighted by Gasteiger charge is -2.47. The summed E-state index contributed by atoms with van der Waals surface area (Å²) in [6.07, 6.45) is -1.34. The Hall–Kier alpha value is -4.48. The van der Waals surface area contributed by atoms with Gasteiger partial charge in [-0.25, -0.2) is 4.79 Å². The lowest BCUT2D eigenvalue weighted by atomic mass is 9.91. The molecule has 0 saturated carbocycles. The van der Waals surface area contributed by atoms with Crippen LogP contribution in [0.15, 0.2) is 76.9 Å². The molecule has 240 valence electrons. The Kier molecular flexibility index (Phi) is 9.84. The minimum atomic E-state index is -4.57. The van der Waals surface area contributed by atoms with Gasteiger partial charge in [-0.05, 0) is 65.3 Å². The number of amides is 1. The lowest BCUT2D eigenvalue weighted by molar-refractivity contribution is -0.389. The van der Waals surface area contributed by atoms with Crippen molar-refractivity contribution < 1.29 is 38.0 Å². The highest BCUT2D eigenvalue weighted by Crippen LogP contribution is 2.37. The maximum Gasteiger partial charge on any atom is 0.416 e. The van der Waals surface area contributed by atoms with E-state index >= 15 is 0 Å². The first-order valence-corrected chi connectivity index (χ1v) is 14.3. The number of carboxylic acid groups (broad SMARTS) is 1. The minimum absolute atomic E-state index is 0.0509. The molecule has 1 aromatic heterocycles. The molecule has 45 heavy (non-hydrogen) atoms. The van der Waals surface area contributed by atoms with E-state index < -0.39 is 51.2 Å². The highest BCUT2D eigenvalue weighted by molar-refractivity contribution is 7.99. The van der Waals surface area contributed by atoms with Crippen LogP contribution < -0.4 is 0 Å². The third kappa shape index (κ3) is 7.98. The average molecular weight is 651 g/mol. The lowest BCUT2D eigenvalue weighted by Crippen LogP contribution is -2.58. The second kappa shape index (κ2) is 13.3. The number of nitrogens with zero attached hydrogens (tertiary/aromatic N) is 6. The molecule has 0 aliphatic carbocycles. The van der Waals surface area contributed by atoms with E-state index in [-0.39, 0.29) is 37.0 Å². The number of rotatable bonds is 10. The molecular formula is C28H29F3N6O7S. The van der Waals surface area contributed by atoms with Gasteiger partial charge in [-0.1, -0.05) is 24.3 Å². The van der Waals surface area contributed by atoms with E-state index in [1.165, 1.54) is 52.8 Å². The molecule has 1 saturated heterocycles. The van der Waals surface area contributed by atoms with Gasteiger partial charge in [0, 0.05) is 36.7 Å². The van der Waals surface area contributed by atoms with E-state index in [4.69, 9.17) is 0 Å². The van der Waals surface area contributed by atoms with Gasteiger partial charge in [0.25, 0.3) is 10.8 Å². The maximum absolute atomic E-state index is 13.3. The van der Waals surface area contributed by atoms with Crippen molar-refractivity contribution in [2.24, 2.45) is 0 Å². The summed E-state index contributed by atoms with van der Waals surface area (Å²) in [5, 5.41) is 44.2. The predicted octanol–water partition coefficient (Wildman–Crippen LogP) is 5.60. The highest BCUT2D eigenvalue weighted by atomic mass is 32.2. The quantitative estimate of drug-likeness (QED) is 0.160. The largest absolute Gasteiger partial charge is 0.465 e. The number of benzene rings is 2. The van der Waals surface area contributed by atoms with Crippen molar-refractivity contribution in [3.05, 3.63) is 98.2 Å². The number of aliphatic hydroxyl groups is 1. The maximum atomic E-state index is 13.3. The zero-order valence-electron chi connectivity index (χ0n) is 24.0. The number of nitro groups is 2. The number of alkyl halides is 3. The van der Waals surface area contributed by atoms with Gasteiger partial charge in [-0.2, -0.15) is 13.2 Å². The first-order valence-electron chi connectivity index (χ1n) is 13.5. The molecule has 1 amide bonds. The number of hydrogen-bond donors (Lipinski definition) is 2. The SMILES string of the molecule is CC=CC1C(c2ccc(C(F)(F)F)cc2)N(CC(C)(O)Cn2cc([N+](=O)[O-])nc2Sc2ccc([N+](=O)[O-])cc2)CCN1C(=O)O. The Balaban J connectivity index is 1.65. The average Bonchev–Trinajstić information content (AvgIpc) is 3.34. The number of aromatic nitrogens is 2. The molecule has 3 unspecified atom stereocenters. The summed E-state index contributed by atoms with van der Waals surface area (Å²) in [6.45, 7) is 3.07. The molecule has 1 aliphatic rings. The number of β-amino-alcohol motifs (C(OH)–C–C–N with tert-alkyl or cyclic N) is 1. The molecule has 3 aromatic rings. The number of non-ortho nitro benzene ring substituents is 1. The Labute approximate surface area is 258 Å². The zero-order valence-corrected chi connectivity index (χ0v) is 24.8. The van der Waals surface area contributed by atoms with E-state index in [1.807, 2.05) is 0 Å². The zero-order chi connectivity index (χ0) is 33.1. The van der Waals surface area contributed by atoms with Crippen LogP contribution in [0.5, 0.6) is 0 Å². The van der Waals surface area contributed by atoms with E-state index in [0.717, 1.165) is 30.1 Å². The van der Waals surface area contributed by atoms with Crippen molar-refractivity contribution in [3.8, 4) is 0 Å². The van der Waals surface area contributed by atoms with Crippen molar-refractivity contribution in [3.63, 3.8) is 0 Å². The van der Waals surface area contributed by atoms with Gasteiger partial charge in [0.15, 0.2) is 0 Å². The number of nitro benzene ring substituents is 1. The standard InChI is InChI=1S/C28H29F3N6O7S/c1-3-4-22-24(18-5-7-19(8-6-18)28(29,30)31)33(13-14-35(22)26(38)39)16-27(2,40)17-34-15-23(37(43)44)32-25(34)45-21-11-9-20(10-12-21)36(41)42/h3-12,15,22,24,40H,13-14,16-17H2,1-2H3,(H,38,39).